The summed E-state index contributed by atoms with van der Waals surface area (Å²) < 4.78 is 2.14. The van der Waals surface area contributed by atoms with Crippen LogP contribution in [0.1, 0.15) is 62.2 Å². The Morgan fingerprint density at radius 2 is 2.04 bits per heavy atom. The van der Waals surface area contributed by atoms with Gasteiger partial charge in [-0.3, -0.25) is 9.67 Å². The van der Waals surface area contributed by atoms with Crippen LogP contribution in [0.2, 0.25) is 0 Å². The normalized spacial score (nSPS) is 15.4. The van der Waals surface area contributed by atoms with Crippen LogP contribution in [0.4, 0.5) is 0 Å². The molecule has 0 saturated heterocycles. The molecule has 124 valence electrons. The first-order valence-corrected chi connectivity index (χ1v) is 8.96. The first-order valence-electron chi connectivity index (χ1n) is 8.96. The lowest BCUT2D eigenvalue weighted by molar-refractivity contribution is 0.466. The molecule has 0 amide bonds. The minimum atomic E-state index is 0.580. The molecule has 0 atom stereocenters. The highest BCUT2D eigenvalue weighted by Gasteiger charge is 2.18. The molecule has 5 nitrogen and oxygen atoms in total. The van der Waals surface area contributed by atoms with E-state index in [0.717, 1.165) is 41.7 Å². The molecule has 0 aromatic carbocycles. The van der Waals surface area contributed by atoms with Crippen molar-refractivity contribution in [1.29, 1.82) is 0 Å². The van der Waals surface area contributed by atoms with Crippen molar-refractivity contribution in [2.75, 3.05) is 0 Å². The highest BCUT2D eigenvalue weighted by Crippen LogP contribution is 2.29. The fourth-order valence-electron chi connectivity index (χ4n) is 3.63. The number of fused-ring (bicyclic) bond motifs is 1. The third kappa shape index (κ3) is 3.03. The van der Waals surface area contributed by atoms with Gasteiger partial charge in [0.05, 0.1) is 29.6 Å². The Morgan fingerprint density at radius 1 is 1.17 bits per heavy atom. The number of hydrogen-bond donors (Lipinski definition) is 0. The van der Waals surface area contributed by atoms with Crippen LogP contribution in [-0.4, -0.2) is 24.7 Å². The summed E-state index contributed by atoms with van der Waals surface area (Å²) in [5.41, 5.74) is 3.25. The van der Waals surface area contributed by atoms with Crippen LogP contribution >= 0.6 is 0 Å². The fourth-order valence-corrected chi connectivity index (χ4v) is 3.63. The van der Waals surface area contributed by atoms with E-state index in [-0.39, 0.29) is 0 Å². The topological polar surface area (TPSA) is 56.5 Å². The van der Waals surface area contributed by atoms with Crippen molar-refractivity contribution in [3.05, 3.63) is 47.9 Å². The summed E-state index contributed by atoms with van der Waals surface area (Å²) in [4.78, 5) is 13.7. The Morgan fingerprint density at radius 3 is 2.88 bits per heavy atom. The fraction of sp³-hybridized carbons (Fsp3) is 0.474. The Hall–Kier alpha value is -2.30. The molecule has 4 rings (SSSR count). The lowest BCUT2D eigenvalue weighted by atomic mass is 10.1. The zero-order valence-electron chi connectivity index (χ0n) is 14.1. The molecule has 1 saturated carbocycles. The molecule has 0 N–H and O–H groups in total. The second-order valence-corrected chi connectivity index (χ2v) is 6.67. The van der Waals surface area contributed by atoms with Crippen LogP contribution in [0.5, 0.6) is 0 Å². The van der Waals surface area contributed by atoms with Crippen LogP contribution in [0, 0.1) is 0 Å². The van der Waals surface area contributed by atoms with Crippen LogP contribution in [0.15, 0.2) is 30.9 Å². The number of nitrogens with zero attached hydrogens (tertiary/aromatic N) is 5. The predicted molar refractivity (Wildman–Crippen MR) is 93.9 cm³/mol. The van der Waals surface area contributed by atoms with Crippen LogP contribution in [0.3, 0.4) is 0 Å². The van der Waals surface area contributed by atoms with Crippen LogP contribution in [-0.2, 0) is 12.8 Å². The van der Waals surface area contributed by atoms with Crippen LogP contribution < -0.4 is 0 Å². The molecule has 1 aliphatic carbocycles. The number of aryl methyl sites for hydroxylation is 1. The summed E-state index contributed by atoms with van der Waals surface area (Å²) in [5, 5.41) is 5.69. The summed E-state index contributed by atoms with van der Waals surface area (Å²) >= 11 is 0. The third-order valence-corrected chi connectivity index (χ3v) is 4.83. The number of rotatable bonds is 5. The number of pyridine rings is 1. The van der Waals surface area contributed by atoms with Gasteiger partial charge >= 0.3 is 0 Å². The molecule has 3 heterocycles. The lowest BCUT2D eigenvalue weighted by Gasteiger charge is -2.09. The van der Waals surface area contributed by atoms with E-state index >= 15 is 0 Å². The maximum absolute atomic E-state index is 4.82. The van der Waals surface area contributed by atoms with E-state index in [1.807, 2.05) is 24.7 Å². The van der Waals surface area contributed by atoms with Gasteiger partial charge in [-0.25, -0.2) is 9.97 Å². The standard InChI is InChI=1S/C19H23N5/c1-2-5-17-16-8-9-20-12-18(16)23-19(22-17)10-14-11-21-24(13-14)15-6-3-4-7-15/h8-9,11-13,15H,2-7,10H2,1H3. The van der Waals surface area contributed by atoms with E-state index in [2.05, 4.69) is 27.9 Å². The van der Waals surface area contributed by atoms with Gasteiger partial charge in [0.1, 0.15) is 5.82 Å². The van der Waals surface area contributed by atoms with Gasteiger partial charge in [0.15, 0.2) is 0 Å². The average Bonchev–Trinajstić information content (AvgIpc) is 3.26. The zero-order chi connectivity index (χ0) is 16.4. The van der Waals surface area contributed by atoms with Crippen molar-refractivity contribution in [2.45, 2.75) is 57.9 Å². The zero-order valence-corrected chi connectivity index (χ0v) is 14.1. The lowest BCUT2D eigenvalue weighted by Crippen LogP contribution is -2.05. The largest absolute Gasteiger partial charge is 0.269 e. The maximum Gasteiger partial charge on any atom is 0.133 e. The maximum atomic E-state index is 4.82. The van der Waals surface area contributed by atoms with E-state index in [9.17, 15) is 0 Å². The van der Waals surface area contributed by atoms with Gasteiger partial charge in [0.2, 0.25) is 0 Å². The smallest absolute Gasteiger partial charge is 0.133 e. The highest BCUT2D eigenvalue weighted by atomic mass is 15.3. The van der Waals surface area contributed by atoms with Crippen molar-refractivity contribution >= 4 is 10.9 Å². The van der Waals surface area contributed by atoms with Crippen LogP contribution in [0.25, 0.3) is 10.9 Å². The monoisotopic (exact) mass is 321 g/mol. The van der Waals surface area contributed by atoms with E-state index in [1.54, 1.807) is 0 Å². The molecule has 24 heavy (non-hydrogen) atoms. The molecule has 0 bridgehead atoms. The molecule has 3 aromatic heterocycles. The molecule has 5 heteroatoms. The van der Waals surface area contributed by atoms with Crippen molar-refractivity contribution < 1.29 is 0 Å². The Labute approximate surface area is 142 Å². The summed E-state index contributed by atoms with van der Waals surface area (Å²) in [6.07, 6.45) is 15.7. The molecule has 1 aliphatic rings. The molecule has 1 fully saturated rings. The van der Waals surface area contributed by atoms with E-state index in [0.29, 0.717) is 6.04 Å². The first-order chi connectivity index (χ1) is 11.8. The second-order valence-electron chi connectivity index (χ2n) is 6.67. The number of aromatic nitrogens is 5. The summed E-state index contributed by atoms with van der Waals surface area (Å²) in [7, 11) is 0. The Bertz CT molecular complexity index is 833. The molecule has 0 unspecified atom stereocenters. The SMILES string of the molecule is CCCc1nc(Cc2cnn(C3CCCC3)c2)nc2cnccc12. The van der Waals surface area contributed by atoms with E-state index < -0.39 is 0 Å². The Balaban J connectivity index is 1.62. The van der Waals surface area contributed by atoms with E-state index in [4.69, 9.17) is 9.97 Å². The molecule has 0 aliphatic heterocycles. The quantitative estimate of drug-likeness (QED) is 0.715. The van der Waals surface area contributed by atoms with E-state index in [1.165, 1.54) is 31.2 Å². The van der Waals surface area contributed by atoms with Crippen molar-refractivity contribution in [1.82, 2.24) is 24.7 Å². The summed E-state index contributed by atoms with van der Waals surface area (Å²) in [6, 6.07) is 2.60. The first kappa shape index (κ1) is 15.2. The highest BCUT2D eigenvalue weighted by molar-refractivity contribution is 5.79. The van der Waals surface area contributed by atoms with Gasteiger partial charge in [-0.15, -0.1) is 0 Å². The van der Waals surface area contributed by atoms with Gasteiger partial charge in [-0.1, -0.05) is 26.2 Å². The van der Waals surface area contributed by atoms with Crippen molar-refractivity contribution in [2.24, 2.45) is 0 Å². The Kier molecular flexibility index (Phi) is 4.24. The van der Waals surface area contributed by atoms with Crippen molar-refractivity contribution in [3.63, 3.8) is 0 Å². The van der Waals surface area contributed by atoms with Gasteiger partial charge in [-0.2, -0.15) is 5.10 Å². The second kappa shape index (κ2) is 6.67. The third-order valence-electron chi connectivity index (χ3n) is 4.83. The molecular formula is C19H23N5. The molecular weight excluding hydrogens is 298 g/mol. The number of hydrogen-bond acceptors (Lipinski definition) is 4. The minimum Gasteiger partial charge on any atom is -0.269 e. The summed E-state index contributed by atoms with van der Waals surface area (Å²) in [5.74, 6) is 0.866. The summed E-state index contributed by atoms with van der Waals surface area (Å²) in [6.45, 7) is 2.18. The average molecular weight is 321 g/mol. The van der Waals surface area contributed by atoms with Gasteiger partial charge in [0.25, 0.3) is 0 Å². The molecule has 3 aromatic rings. The predicted octanol–water partition coefficient (Wildman–Crippen LogP) is 3.88. The molecule has 0 spiro atoms. The van der Waals surface area contributed by atoms with Gasteiger partial charge in [-0.05, 0) is 30.9 Å². The van der Waals surface area contributed by atoms with Gasteiger partial charge in [0, 0.05) is 24.2 Å². The minimum absolute atomic E-state index is 0.580. The molecule has 0 radical (unpaired) electrons. The van der Waals surface area contributed by atoms with Crippen molar-refractivity contribution in [3.8, 4) is 0 Å². The van der Waals surface area contributed by atoms with Gasteiger partial charge < -0.3 is 0 Å².